The van der Waals surface area contributed by atoms with Gasteiger partial charge in [0.2, 0.25) is 0 Å². The summed E-state index contributed by atoms with van der Waals surface area (Å²) >= 11 is 0.795. The molecule has 18 heavy (non-hydrogen) atoms. The number of thiazole rings is 1. The van der Waals surface area contributed by atoms with Crippen molar-refractivity contribution in [3.8, 4) is 0 Å². The molecule has 0 aromatic carbocycles. The number of carbonyl (C=O) groups is 1. The van der Waals surface area contributed by atoms with Crippen LogP contribution in [0.25, 0.3) is 0 Å². The van der Waals surface area contributed by atoms with Crippen LogP contribution in [0.15, 0.2) is 9.72 Å². The summed E-state index contributed by atoms with van der Waals surface area (Å²) in [6, 6.07) is 0. The van der Waals surface area contributed by atoms with Gasteiger partial charge in [-0.3, -0.25) is 0 Å². The number of aromatic carboxylic acids is 1. The van der Waals surface area contributed by atoms with Gasteiger partial charge in [0.15, 0.2) is 9.90 Å². The highest BCUT2D eigenvalue weighted by Gasteiger charge is 2.33. The van der Waals surface area contributed by atoms with E-state index in [0.29, 0.717) is 12.8 Å². The van der Waals surface area contributed by atoms with E-state index in [4.69, 9.17) is 5.11 Å². The molecule has 0 atom stereocenters. The minimum absolute atomic E-state index is 0.195. The molecule has 1 saturated heterocycles. The van der Waals surface area contributed by atoms with E-state index in [1.807, 2.05) is 0 Å². The van der Waals surface area contributed by atoms with Crippen LogP contribution in [-0.4, -0.2) is 53.1 Å². The first-order valence-electron chi connectivity index (χ1n) is 5.28. The Morgan fingerprint density at radius 3 is 2.61 bits per heavy atom. The van der Waals surface area contributed by atoms with Crippen LogP contribution >= 0.6 is 11.3 Å². The maximum Gasteiger partial charge on any atom is 0.356 e. The van der Waals surface area contributed by atoms with E-state index in [2.05, 4.69) is 4.98 Å². The fourth-order valence-corrected chi connectivity index (χ4v) is 4.51. The van der Waals surface area contributed by atoms with Crippen LogP contribution in [0.3, 0.4) is 0 Å². The highest BCUT2D eigenvalue weighted by atomic mass is 32.2. The topological polar surface area (TPSA) is 108 Å². The lowest BCUT2D eigenvalue weighted by Gasteiger charge is -2.28. The van der Waals surface area contributed by atoms with Gasteiger partial charge >= 0.3 is 5.97 Å². The smallest absolute Gasteiger partial charge is 0.356 e. The maximum atomic E-state index is 12.2. The van der Waals surface area contributed by atoms with Crippen LogP contribution in [0, 0.1) is 0 Å². The SMILES string of the molecule is O=C(O)c1ncsc1S(=O)(=O)N1CCC(O)CC1. The number of aliphatic hydroxyl groups excluding tert-OH is 1. The molecule has 1 fully saturated rings. The van der Waals surface area contributed by atoms with Crippen molar-refractivity contribution in [2.75, 3.05) is 13.1 Å². The normalized spacial score (nSPS) is 18.9. The summed E-state index contributed by atoms with van der Waals surface area (Å²) in [6.07, 6.45) is 0.234. The molecule has 2 heterocycles. The first-order valence-corrected chi connectivity index (χ1v) is 7.60. The molecule has 0 saturated carbocycles. The molecule has 0 aliphatic carbocycles. The summed E-state index contributed by atoms with van der Waals surface area (Å²) in [5.74, 6) is -1.35. The summed E-state index contributed by atoms with van der Waals surface area (Å²) in [6.45, 7) is 0.390. The second kappa shape index (κ2) is 4.92. The van der Waals surface area contributed by atoms with Crippen molar-refractivity contribution in [2.24, 2.45) is 0 Å². The molecule has 2 N–H and O–H groups in total. The highest BCUT2D eigenvalue weighted by Crippen LogP contribution is 2.26. The number of aromatic nitrogens is 1. The summed E-state index contributed by atoms with van der Waals surface area (Å²) in [7, 11) is -3.82. The lowest BCUT2D eigenvalue weighted by atomic mass is 10.1. The average molecular weight is 292 g/mol. The van der Waals surface area contributed by atoms with Gasteiger partial charge in [-0.1, -0.05) is 0 Å². The molecular weight excluding hydrogens is 280 g/mol. The van der Waals surface area contributed by atoms with Crippen molar-refractivity contribution >= 4 is 27.3 Å². The third-order valence-electron chi connectivity index (χ3n) is 2.74. The first kappa shape index (κ1) is 13.4. The number of nitrogens with zero attached hydrogens (tertiary/aromatic N) is 2. The van der Waals surface area contributed by atoms with Crippen molar-refractivity contribution in [3.05, 3.63) is 11.2 Å². The fraction of sp³-hybridized carbons (Fsp3) is 0.556. The van der Waals surface area contributed by atoms with Crippen LogP contribution in [0.4, 0.5) is 0 Å². The second-order valence-electron chi connectivity index (χ2n) is 3.93. The molecule has 2 rings (SSSR count). The van der Waals surface area contributed by atoms with Crippen molar-refractivity contribution in [3.63, 3.8) is 0 Å². The Morgan fingerprint density at radius 1 is 1.44 bits per heavy atom. The van der Waals surface area contributed by atoms with Crippen molar-refractivity contribution < 1.29 is 23.4 Å². The number of piperidine rings is 1. The van der Waals surface area contributed by atoms with Gasteiger partial charge in [-0.2, -0.15) is 4.31 Å². The van der Waals surface area contributed by atoms with Gasteiger partial charge in [0.1, 0.15) is 0 Å². The van der Waals surface area contributed by atoms with Gasteiger partial charge in [-0.05, 0) is 12.8 Å². The molecule has 0 unspecified atom stereocenters. The zero-order chi connectivity index (χ0) is 13.3. The zero-order valence-electron chi connectivity index (χ0n) is 9.31. The summed E-state index contributed by atoms with van der Waals surface area (Å²) < 4.78 is 25.4. The van der Waals surface area contributed by atoms with Gasteiger partial charge in [0.05, 0.1) is 11.6 Å². The first-order chi connectivity index (χ1) is 8.43. The van der Waals surface area contributed by atoms with Gasteiger partial charge in [-0.15, -0.1) is 11.3 Å². The Kier molecular flexibility index (Phi) is 3.66. The van der Waals surface area contributed by atoms with Crippen LogP contribution < -0.4 is 0 Å². The maximum absolute atomic E-state index is 12.2. The molecule has 0 spiro atoms. The van der Waals surface area contributed by atoms with E-state index in [-0.39, 0.29) is 17.3 Å². The van der Waals surface area contributed by atoms with E-state index >= 15 is 0 Å². The summed E-state index contributed by atoms with van der Waals surface area (Å²) in [4.78, 5) is 14.4. The number of aliphatic hydroxyl groups is 1. The molecule has 1 aliphatic rings. The quantitative estimate of drug-likeness (QED) is 0.811. The van der Waals surface area contributed by atoms with Crippen LogP contribution in [0.5, 0.6) is 0 Å². The molecule has 0 bridgehead atoms. The van der Waals surface area contributed by atoms with Gasteiger partial charge in [-0.25, -0.2) is 18.2 Å². The Labute approximate surface area is 108 Å². The van der Waals surface area contributed by atoms with E-state index in [1.54, 1.807) is 0 Å². The van der Waals surface area contributed by atoms with Crippen molar-refractivity contribution in [1.29, 1.82) is 0 Å². The molecule has 1 aromatic rings. The van der Waals surface area contributed by atoms with E-state index in [0.717, 1.165) is 11.3 Å². The largest absolute Gasteiger partial charge is 0.476 e. The van der Waals surface area contributed by atoms with Crippen LogP contribution in [0.2, 0.25) is 0 Å². The summed E-state index contributed by atoms with van der Waals surface area (Å²) in [5, 5.41) is 18.2. The standard InChI is InChI=1S/C9H12N2O5S2/c12-6-1-3-11(4-2-6)18(15,16)9-7(8(13)14)10-5-17-9/h5-6,12H,1-4H2,(H,13,14). The molecule has 1 aromatic heterocycles. The third-order valence-corrected chi connectivity index (χ3v) is 5.98. The molecular formula is C9H12N2O5S2. The number of carboxylic acid groups (broad SMARTS) is 1. The number of carboxylic acids is 1. The molecule has 0 radical (unpaired) electrons. The highest BCUT2D eigenvalue weighted by molar-refractivity contribution is 7.91. The number of rotatable bonds is 3. The number of hydrogen-bond acceptors (Lipinski definition) is 6. The van der Waals surface area contributed by atoms with Crippen LogP contribution in [0.1, 0.15) is 23.3 Å². The lowest BCUT2D eigenvalue weighted by Crippen LogP contribution is -2.40. The third kappa shape index (κ3) is 2.39. The molecule has 100 valence electrons. The fourth-order valence-electron chi connectivity index (χ4n) is 1.76. The van der Waals surface area contributed by atoms with Crippen LogP contribution in [-0.2, 0) is 10.0 Å². The van der Waals surface area contributed by atoms with Gasteiger partial charge < -0.3 is 10.2 Å². The molecule has 7 nitrogen and oxygen atoms in total. The number of hydrogen-bond donors (Lipinski definition) is 2. The predicted molar refractivity (Wildman–Crippen MR) is 63.1 cm³/mol. The monoisotopic (exact) mass is 292 g/mol. The van der Waals surface area contributed by atoms with Gasteiger partial charge in [0, 0.05) is 13.1 Å². The Bertz CT molecular complexity index is 545. The van der Waals surface area contributed by atoms with E-state index in [9.17, 15) is 18.3 Å². The minimum atomic E-state index is -3.82. The minimum Gasteiger partial charge on any atom is -0.476 e. The molecule has 0 amide bonds. The van der Waals surface area contributed by atoms with Crippen molar-refractivity contribution in [1.82, 2.24) is 9.29 Å². The van der Waals surface area contributed by atoms with Crippen molar-refractivity contribution in [2.45, 2.75) is 23.2 Å². The number of sulfonamides is 1. The summed E-state index contributed by atoms with van der Waals surface area (Å²) in [5.41, 5.74) is 0.765. The Hall–Kier alpha value is -1.03. The average Bonchev–Trinajstić information content (AvgIpc) is 2.79. The Balaban J connectivity index is 2.31. The lowest BCUT2D eigenvalue weighted by molar-refractivity contribution is 0.0686. The molecule has 1 aliphatic heterocycles. The van der Waals surface area contributed by atoms with Gasteiger partial charge in [0.25, 0.3) is 10.0 Å². The Morgan fingerprint density at radius 2 is 2.06 bits per heavy atom. The zero-order valence-corrected chi connectivity index (χ0v) is 10.9. The predicted octanol–water partition coefficient (Wildman–Crippen LogP) is -0.0133. The second-order valence-corrected chi connectivity index (χ2v) is 6.92. The molecule has 9 heteroatoms. The van der Waals surface area contributed by atoms with E-state index < -0.39 is 27.8 Å². The van der Waals surface area contributed by atoms with E-state index in [1.165, 1.54) is 9.82 Å².